The number of hydrogen-bond donors (Lipinski definition) is 0. The first-order valence-electron chi connectivity index (χ1n) is 5.03. The molecule has 0 aromatic heterocycles. The number of carbonyl (C=O) groups is 1. The quantitative estimate of drug-likeness (QED) is 0.644. The maximum atomic E-state index is 11.6. The molecule has 0 unspecified atom stereocenters. The van der Waals surface area contributed by atoms with E-state index in [1.165, 1.54) is 0 Å². The Morgan fingerprint density at radius 3 is 2.50 bits per heavy atom. The average Bonchev–Trinajstić information content (AvgIpc) is 2.26. The zero-order valence-corrected chi connectivity index (χ0v) is 8.62. The second-order valence-corrected chi connectivity index (χ2v) is 3.35. The number of hydrogen-bond acceptors (Lipinski definition) is 1. The summed E-state index contributed by atoms with van der Waals surface area (Å²) in [6.07, 6.45) is 4.47. The summed E-state index contributed by atoms with van der Waals surface area (Å²) in [4.78, 5) is 11.6. The summed E-state index contributed by atoms with van der Waals surface area (Å²) in [5.41, 5.74) is 1.86. The van der Waals surface area contributed by atoms with E-state index in [0.717, 1.165) is 24.0 Å². The van der Waals surface area contributed by atoms with Crippen LogP contribution in [0.1, 0.15) is 42.1 Å². The van der Waals surface area contributed by atoms with E-state index in [9.17, 15) is 4.79 Å². The number of rotatable bonds is 5. The Labute approximate surface area is 85.5 Å². The highest BCUT2D eigenvalue weighted by atomic mass is 16.1. The molecule has 0 heterocycles. The van der Waals surface area contributed by atoms with Crippen molar-refractivity contribution in [2.45, 2.75) is 26.2 Å². The zero-order valence-electron chi connectivity index (χ0n) is 8.62. The highest BCUT2D eigenvalue weighted by molar-refractivity contribution is 5.96. The van der Waals surface area contributed by atoms with Gasteiger partial charge in [-0.3, -0.25) is 4.79 Å². The minimum atomic E-state index is 0.238. The lowest BCUT2D eigenvalue weighted by molar-refractivity contribution is 0.0980. The van der Waals surface area contributed by atoms with Gasteiger partial charge in [0.2, 0.25) is 0 Å². The van der Waals surface area contributed by atoms with E-state index in [0.29, 0.717) is 6.42 Å². The standard InChI is InChI=1S/C13H16O/c1-3-5-6-13(14)12-9-7-11(4-2)8-10-12/h4,7-10H,2-3,5-6H2,1H3. The molecule has 14 heavy (non-hydrogen) atoms. The van der Waals surface area contributed by atoms with E-state index in [1.54, 1.807) is 6.08 Å². The Balaban J connectivity index is 2.66. The lowest BCUT2D eigenvalue weighted by Crippen LogP contribution is -1.98. The van der Waals surface area contributed by atoms with Gasteiger partial charge in [-0.1, -0.05) is 50.3 Å². The molecule has 0 amide bonds. The van der Waals surface area contributed by atoms with Crippen LogP contribution in [0.15, 0.2) is 30.8 Å². The Bertz CT molecular complexity index is 309. The third-order valence-electron chi connectivity index (χ3n) is 2.23. The number of benzene rings is 1. The fraction of sp³-hybridized carbons (Fsp3) is 0.308. The normalized spacial score (nSPS) is 9.79. The van der Waals surface area contributed by atoms with Crippen LogP contribution in [-0.4, -0.2) is 5.78 Å². The minimum absolute atomic E-state index is 0.238. The third kappa shape index (κ3) is 2.84. The molecule has 0 aliphatic heterocycles. The molecule has 0 spiro atoms. The summed E-state index contributed by atoms with van der Waals surface area (Å²) in [6, 6.07) is 7.59. The lowest BCUT2D eigenvalue weighted by Gasteiger charge is -2.00. The van der Waals surface area contributed by atoms with Crippen molar-refractivity contribution in [3.05, 3.63) is 42.0 Å². The van der Waals surface area contributed by atoms with Crippen molar-refractivity contribution in [3.8, 4) is 0 Å². The third-order valence-corrected chi connectivity index (χ3v) is 2.23. The summed E-state index contributed by atoms with van der Waals surface area (Å²) >= 11 is 0. The van der Waals surface area contributed by atoms with Crippen LogP contribution in [0.4, 0.5) is 0 Å². The van der Waals surface area contributed by atoms with Crippen molar-refractivity contribution in [1.29, 1.82) is 0 Å². The van der Waals surface area contributed by atoms with Gasteiger partial charge in [0.05, 0.1) is 0 Å². The van der Waals surface area contributed by atoms with E-state index in [2.05, 4.69) is 13.5 Å². The predicted molar refractivity (Wildman–Crippen MR) is 60.4 cm³/mol. The molecule has 0 aliphatic carbocycles. The highest BCUT2D eigenvalue weighted by Crippen LogP contribution is 2.09. The first-order chi connectivity index (χ1) is 6.77. The SMILES string of the molecule is C=Cc1ccc(C(=O)CCCC)cc1. The van der Waals surface area contributed by atoms with Gasteiger partial charge < -0.3 is 0 Å². The molecule has 1 aromatic carbocycles. The van der Waals surface area contributed by atoms with Crippen LogP contribution < -0.4 is 0 Å². The van der Waals surface area contributed by atoms with Crippen LogP contribution in [0.5, 0.6) is 0 Å². The van der Waals surface area contributed by atoms with E-state index in [1.807, 2.05) is 24.3 Å². The molecule has 1 heteroatoms. The molecule has 0 atom stereocenters. The van der Waals surface area contributed by atoms with Gasteiger partial charge in [0.15, 0.2) is 5.78 Å². The number of Topliss-reactive ketones (excluding diaryl/α,β-unsaturated/α-hetero) is 1. The summed E-state index contributed by atoms with van der Waals surface area (Å²) in [7, 11) is 0. The zero-order chi connectivity index (χ0) is 10.4. The molecular weight excluding hydrogens is 172 g/mol. The Morgan fingerprint density at radius 2 is 2.00 bits per heavy atom. The molecule has 0 N–H and O–H groups in total. The number of unbranched alkanes of at least 4 members (excludes halogenated alkanes) is 1. The molecule has 0 saturated carbocycles. The maximum absolute atomic E-state index is 11.6. The fourth-order valence-electron chi connectivity index (χ4n) is 1.29. The topological polar surface area (TPSA) is 17.1 Å². The molecule has 1 nitrogen and oxygen atoms in total. The maximum Gasteiger partial charge on any atom is 0.162 e. The average molecular weight is 188 g/mol. The number of carbonyl (C=O) groups excluding carboxylic acids is 1. The Kier molecular flexibility index (Phi) is 4.11. The van der Waals surface area contributed by atoms with E-state index < -0.39 is 0 Å². The van der Waals surface area contributed by atoms with E-state index >= 15 is 0 Å². The number of ketones is 1. The van der Waals surface area contributed by atoms with Crippen molar-refractivity contribution >= 4 is 11.9 Å². The van der Waals surface area contributed by atoms with Crippen molar-refractivity contribution in [2.24, 2.45) is 0 Å². The first-order valence-corrected chi connectivity index (χ1v) is 5.03. The Hall–Kier alpha value is -1.37. The molecule has 1 aromatic rings. The van der Waals surface area contributed by atoms with Crippen molar-refractivity contribution in [3.63, 3.8) is 0 Å². The van der Waals surface area contributed by atoms with Gasteiger partial charge in [0.1, 0.15) is 0 Å². The van der Waals surface area contributed by atoms with Gasteiger partial charge in [0, 0.05) is 12.0 Å². The van der Waals surface area contributed by atoms with Crippen LogP contribution in [0.25, 0.3) is 6.08 Å². The smallest absolute Gasteiger partial charge is 0.162 e. The van der Waals surface area contributed by atoms with Gasteiger partial charge in [-0.25, -0.2) is 0 Å². The molecule has 0 radical (unpaired) electrons. The second kappa shape index (κ2) is 5.38. The van der Waals surface area contributed by atoms with Gasteiger partial charge in [0.25, 0.3) is 0 Å². The van der Waals surface area contributed by atoms with Gasteiger partial charge in [-0.2, -0.15) is 0 Å². The largest absolute Gasteiger partial charge is 0.294 e. The fourth-order valence-corrected chi connectivity index (χ4v) is 1.29. The summed E-state index contributed by atoms with van der Waals surface area (Å²) in [6.45, 7) is 5.76. The first kappa shape index (κ1) is 10.7. The van der Waals surface area contributed by atoms with Crippen LogP contribution in [0.3, 0.4) is 0 Å². The van der Waals surface area contributed by atoms with E-state index in [4.69, 9.17) is 0 Å². The summed E-state index contributed by atoms with van der Waals surface area (Å²) in [5, 5.41) is 0. The van der Waals surface area contributed by atoms with Crippen LogP contribution in [-0.2, 0) is 0 Å². The molecule has 0 fully saturated rings. The molecule has 0 bridgehead atoms. The van der Waals surface area contributed by atoms with Crippen LogP contribution >= 0.6 is 0 Å². The Morgan fingerprint density at radius 1 is 1.36 bits per heavy atom. The summed E-state index contributed by atoms with van der Waals surface area (Å²) < 4.78 is 0. The minimum Gasteiger partial charge on any atom is -0.294 e. The predicted octanol–water partition coefficient (Wildman–Crippen LogP) is 3.70. The molecular formula is C13H16O. The van der Waals surface area contributed by atoms with Crippen molar-refractivity contribution < 1.29 is 4.79 Å². The van der Waals surface area contributed by atoms with Gasteiger partial charge in [-0.05, 0) is 12.0 Å². The molecule has 1 rings (SSSR count). The van der Waals surface area contributed by atoms with Crippen LogP contribution in [0.2, 0.25) is 0 Å². The second-order valence-electron chi connectivity index (χ2n) is 3.35. The van der Waals surface area contributed by atoms with Crippen LogP contribution in [0, 0.1) is 0 Å². The molecule has 0 saturated heterocycles. The van der Waals surface area contributed by atoms with E-state index in [-0.39, 0.29) is 5.78 Å². The summed E-state index contributed by atoms with van der Waals surface area (Å²) in [5.74, 6) is 0.238. The van der Waals surface area contributed by atoms with Gasteiger partial charge >= 0.3 is 0 Å². The van der Waals surface area contributed by atoms with Crippen molar-refractivity contribution in [2.75, 3.05) is 0 Å². The highest BCUT2D eigenvalue weighted by Gasteiger charge is 2.03. The lowest BCUT2D eigenvalue weighted by atomic mass is 10.0. The van der Waals surface area contributed by atoms with Crippen molar-refractivity contribution in [1.82, 2.24) is 0 Å². The molecule has 74 valence electrons. The molecule has 0 aliphatic rings. The van der Waals surface area contributed by atoms with Gasteiger partial charge in [-0.15, -0.1) is 0 Å². The monoisotopic (exact) mass is 188 g/mol.